The monoisotopic (exact) mass is 345 g/mol. The van der Waals surface area contributed by atoms with E-state index in [4.69, 9.17) is 9.47 Å². The molecule has 1 aromatic heterocycles. The number of hydrogen-bond acceptors (Lipinski definition) is 5. The highest BCUT2D eigenvalue weighted by Gasteiger charge is 2.26. The third-order valence-electron chi connectivity index (χ3n) is 4.10. The Morgan fingerprint density at radius 1 is 1.36 bits per heavy atom. The first-order chi connectivity index (χ1) is 12.1. The topological polar surface area (TPSA) is 64.5 Å². The summed E-state index contributed by atoms with van der Waals surface area (Å²) in [6, 6.07) is 5.94. The van der Waals surface area contributed by atoms with Gasteiger partial charge in [0.05, 0.1) is 13.7 Å². The second kappa shape index (κ2) is 7.46. The molecule has 1 aliphatic rings. The quantitative estimate of drug-likeness (QED) is 0.852. The van der Waals surface area contributed by atoms with E-state index in [0.717, 1.165) is 12.8 Å². The molecule has 132 valence electrons. The molecule has 1 atom stereocenters. The molecule has 0 aliphatic carbocycles. The lowest BCUT2D eigenvalue weighted by atomic mass is 10.1. The minimum Gasteiger partial charge on any atom is -0.494 e. The van der Waals surface area contributed by atoms with Crippen LogP contribution in [0.2, 0.25) is 0 Å². The fourth-order valence-electron chi connectivity index (χ4n) is 2.87. The Hall–Kier alpha value is -2.70. The number of methoxy groups -OCH3 is 1. The van der Waals surface area contributed by atoms with Gasteiger partial charge in [-0.1, -0.05) is 0 Å². The number of benzene rings is 1. The summed E-state index contributed by atoms with van der Waals surface area (Å²) < 4.78 is 24.6. The largest absolute Gasteiger partial charge is 0.494 e. The highest BCUT2D eigenvalue weighted by Crippen LogP contribution is 2.21. The second-order valence-electron chi connectivity index (χ2n) is 5.92. The molecular weight excluding hydrogens is 325 g/mol. The zero-order valence-electron chi connectivity index (χ0n) is 14.2. The maximum atomic E-state index is 13.8. The molecule has 1 saturated heterocycles. The van der Waals surface area contributed by atoms with Gasteiger partial charge in [0.25, 0.3) is 5.91 Å². The fraction of sp³-hybridized carbons (Fsp3) is 0.389. The van der Waals surface area contributed by atoms with Crippen LogP contribution in [0.15, 0.2) is 30.5 Å². The van der Waals surface area contributed by atoms with Crippen LogP contribution < -0.4 is 9.47 Å². The lowest BCUT2D eigenvalue weighted by molar-refractivity contribution is 0.0526. The standard InChI is InChI=1S/C18H20FN3O3/c1-12-20-8-7-17(21-12)25-14-4-3-9-22(11-14)18(23)13-5-6-16(24-2)15(19)10-13/h5-8,10,14H,3-4,9,11H2,1-2H3/t14-/m0/s1. The Morgan fingerprint density at radius 2 is 2.20 bits per heavy atom. The summed E-state index contributed by atoms with van der Waals surface area (Å²) in [5.74, 6) is 0.496. The Bertz CT molecular complexity index is 769. The van der Waals surface area contributed by atoms with Crippen molar-refractivity contribution >= 4 is 5.91 Å². The molecule has 1 amide bonds. The molecule has 3 rings (SSSR count). The summed E-state index contributed by atoms with van der Waals surface area (Å²) >= 11 is 0. The number of carbonyl (C=O) groups is 1. The van der Waals surface area contributed by atoms with Gasteiger partial charge in [-0.3, -0.25) is 4.79 Å². The van der Waals surface area contributed by atoms with Crippen molar-refractivity contribution in [1.82, 2.24) is 14.9 Å². The van der Waals surface area contributed by atoms with E-state index >= 15 is 0 Å². The number of nitrogens with zero attached hydrogens (tertiary/aromatic N) is 3. The maximum Gasteiger partial charge on any atom is 0.254 e. The van der Waals surface area contributed by atoms with Crippen molar-refractivity contribution in [2.75, 3.05) is 20.2 Å². The van der Waals surface area contributed by atoms with E-state index in [9.17, 15) is 9.18 Å². The van der Waals surface area contributed by atoms with Crippen LogP contribution in [0.4, 0.5) is 4.39 Å². The summed E-state index contributed by atoms with van der Waals surface area (Å²) in [4.78, 5) is 22.6. The van der Waals surface area contributed by atoms with E-state index < -0.39 is 5.82 Å². The number of aryl methyl sites for hydroxylation is 1. The van der Waals surface area contributed by atoms with E-state index in [2.05, 4.69) is 9.97 Å². The third kappa shape index (κ3) is 4.04. The van der Waals surface area contributed by atoms with Crippen molar-refractivity contribution in [3.8, 4) is 11.6 Å². The van der Waals surface area contributed by atoms with Crippen LogP contribution in [0.3, 0.4) is 0 Å². The predicted octanol–water partition coefficient (Wildman–Crippen LogP) is 2.62. The van der Waals surface area contributed by atoms with Crippen molar-refractivity contribution in [3.05, 3.63) is 47.7 Å². The Morgan fingerprint density at radius 3 is 2.92 bits per heavy atom. The first kappa shape index (κ1) is 17.1. The predicted molar refractivity (Wildman–Crippen MR) is 89.3 cm³/mol. The number of likely N-dealkylation sites (tertiary alicyclic amines) is 1. The molecule has 7 heteroatoms. The Kier molecular flexibility index (Phi) is 5.11. The number of halogens is 1. The van der Waals surface area contributed by atoms with Crippen LogP contribution in [-0.2, 0) is 0 Å². The highest BCUT2D eigenvalue weighted by molar-refractivity contribution is 5.94. The minimum atomic E-state index is -0.547. The number of hydrogen-bond donors (Lipinski definition) is 0. The summed E-state index contributed by atoms with van der Waals surface area (Å²) in [6.45, 7) is 2.85. The van der Waals surface area contributed by atoms with Gasteiger partial charge >= 0.3 is 0 Å². The summed E-state index contributed by atoms with van der Waals surface area (Å²) in [5.41, 5.74) is 0.303. The first-order valence-corrected chi connectivity index (χ1v) is 8.16. The molecule has 25 heavy (non-hydrogen) atoms. The van der Waals surface area contributed by atoms with E-state index in [1.807, 2.05) is 0 Å². The smallest absolute Gasteiger partial charge is 0.254 e. The van der Waals surface area contributed by atoms with Gasteiger partial charge in [0.15, 0.2) is 11.6 Å². The van der Waals surface area contributed by atoms with Gasteiger partial charge in [0.2, 0.25) is 5.88 Å². The Labute approximate surface area is 145 Å². The molecule has 0 radical (unpaired) electrons. The lowest BCUT2D eigenvalue weighted by Crippen LogP contribution is -2.44. The molecule has 0 bridgehead atoms. The van der Waals surface area contributed by atoms with Crippen molar-refractivity contribution in [3.63, 3.8) is 0 Å². The van der Waals surface area contributed by atoms with Gasteiger partial charge in [0, 0.05) is 24.4 Å². The van der Waals surface area contributed by atoms with Crippen LogP contribution in [-0.4, -0.2) is 47.1 Å². The molecule has 0 spiro atoms. The molecule has 0 saturated carbocycles. The van der Waals surface area contributed by atoms with Crippen molar-refractivity contribution < 1.29 is 18.7 Å². The molecule has 6 nitrogen and oxygen atoms in total. The second-order valence-corrected chi connectivity index (χ2v) is 5.92. The number of aromatic nitrogens is 2. The number of piperidine rings is 1. The average molecular weight is 345 g/mol. The normalized spacial score (nSPS) is 17.2. The van der Waals surface area contributed by atoms with Gasteiger partial charge in [-0.25, -0.2) is 9.37 Å². The fourth-order valence-corrected chi connectivity index (χ4v) is 2.87. The summed E-state index contributed by atoms with van der Waals surface area (Å²) in [7, 11) is 1.39. The van der Waals surface area contributed by atoms with E-state index in [1.54, 1.807) is 30.2 Å². The van der Waals surface area contributed by atoms with Gasteiger partial charge in [-0.05, 0) is 38.0 Å². The van der Waals surface area contributed by atoms with Crippen LogP contribution >= 0.6 is 0 Å². The number of amides is 1. The maximum absolute atomic E-state index is 13.8. The van der Waals surface area contributed by atoms with Gasteiger partial charge in [0.1, 0.15) is 11.9 Å². The molecule has 2 heterocycles. The lowest BCUT2D eigenvalue weighted by Gasteiger charge is -2.32. The Balaban J connectivity index is 1.68. The summed E-state index contributed by atoms with van der Waals surface area (Å²) in [6.07, 6.45) is 3.15. The molecule has 0 N–H and O–H groups in total. The van der Waals surface area contributed by atoms with Crippen molar-refractivity contribution in [1.29, 1.82) is 0 Å². The van der Waals surface area contributed by atoms with Crippen molar-refractivity contribution in [2.45, 2.75) is 25.9 Å². The van der Waals surface area contributed by atoms with E-state index in [1.165, 1.54) is 19.2 Å². The molecule has 1 fully saturated rings. The van der Waals surface area contributed by atoms with Gasteiger partial charge in [-0.15, -0.1) is 0 Å². The number of ether oxygens (including phenoxy) is 2. The molecule has 1 aliphatic heterocycles. The number of carbonyl (C=O) groups excluding carboxylic acids is 1. The average Bonchev–Trinajstić information content (AvgIpc) is 2.61. The van der Waals surface area contributed by atoms with Crippen LogP contribution in [0, 0.1) is 12.7 Å². The van der Waals surface area contributed by atoms with Gasteiger partial charge in [-0.2, -0.15) is 4.98 Å². The van der Waals surface area contributed by atoms with E-state index in [0.29, 0.717) is 30.4 Å². The zero-order chi connectivity index (χ0) is 17.8. The third-order valence-corrected chi connectivity index (χ3v) is 4.10. The molecular formula is C18H20FN3O3. The van der Waals surface area contributed by atoms with Crippen LogP contribution in [0.25, 0.3) is 0 Å². The molecule has 0 unspecified atom stereocenters. The number of rotatable bonds is 4. The van der Waals surface area contributed by atoms with Crippen molar-refractivity contribution in [2.24, 2.45) is 0 Å². The SMILES string of the molecule is COc1ccc(C(=O)N2CCC[C@H](Oc3ccnc(C)n3)C2)cc1F. The zero-order valence-corrected chi connectivity index (χ0v) is 14.2. The van der Waals surface area contributed by atoms with E-state index in [-0.39, 0.29) is 17.8 Å². The van der Waals surface area contributed by atoms with Crippen LogP contribution in [0.5, 0.6) is 11.6 Å². The minimum absolute atomic E-state index is 0.121. The van der Waals surface area contributed by atoms with Crippen LogP contribution in [0.1, 0.15) is 29.0 Å². The first-order valence-electron chi connectivity index (χ1n) is 8.16. The molecule has 2 aromatic rings. The van der Waals surface area contributed by atoms with Gasteiger partial charge < -0.3 is 14.4 Å². The molecule has 1 aromatic carbocycles. The summed E-state index contributed by atoms with van der Waals surface area (Å²) in [5, 5.41) is 0. The highest BCUT2D eigenvalue weighted by atomic mass is 19.1.